The number of benzene rings is 5. The van der Waals surface area contributed by atoms with Crippen LogP contribution in [0, 0.1) is 11.8 Å². The van der Waals surface area contributed by atoms with E-state index in [2.05, 4.69) is 0 Å². The molecule has 0 saturated heterocycles. The molecule has 0 radical (unpaired) electrons. The molecule has 9 rings (SSSR count). The van der Waals surface area contributed by atoms with Crippen LogP contribution >= 0.6 is 6.89 Å². The fourth-order valence-electron chi connectivity index (χ4n) is 10.0. The average Bonchev–Trinajstić information content (AvgIpc) is 3.75. The maximum Gasteiger partial charge on any atom is 0.342 e. The Hall–Kier alpha value is -6.71. The third-order valence-corrected chi connectivity index (χ3v) is 17.2. The van der Waals surface area contributed by atoms with E-state index in [0.29, 0.717) is 47.9 Å². The van der Waals surface area contributed by atoms with Crippen molar-refractivity contribution in [3.8, 4) is 0 Å². The molecule has 2 aliphatic carbocycles. The van der Waals surface area contributed by atoms with Crippen LogP contribution in [0.2, 0.25) is 0 Å². The fourth-order valence-corrected chi connectivity index (χ4v) is 14.4. The van der Waals surface area contributed by atoms with Gasteiger partial charge in [-0.2, -0.15) is 0 Å². The van der Waals surface area contributed by atoms with Gasteiger partial charge in [-0.15, -0.1) is 0 Å². The first-order valence-corrected chi connectivity index (χ1v) is 23.7. The predicted octanol–water partition coefficient (Wildman–Crippen LogP) is 7.70. The Labute approximate surface area is 379 Å². The highest BCUT2D eigenvalue weighted by molar-refractivity contribution is 7.97. The number of hydrogen-bond donors (Lipinski definition) is 1. The molecule has 2 fully saturated rings. The Morgan fingerprint density at radius 2 is 0.846 bits per heavy atom. The zero-order valence-electron chi connectivity index (χ0n) is 35.5. The summed E-state index contributed by atoms with van der Waals surface area (Å²) in [6.45, 7) is -1.29. The van der Waals surface area contributed by atoms with Crippen molar-refractivity contribution in [2.45, 2.75) is 77.8 Å². The molecule has 2 saturated carbocycles. The highest BCUT2D eigenvalue weighted by Crippen LogP contribution is 2.48. The van der Waals surface area contributed by atoms with Crippen molar-refractivity contribution >= 4 is 69.4 Å². The summed E-state index contributed by atoms with van der Waals surface area (Å²) < 4.78 is 5.72. The van der Waals surface area contributed by atoms with Crippen LogP contribution in [0.1, 0.15) is 107 Å². The Morgan fingerprint density at radius 3 is 1.20 bits per heavy atom. The van der Waals surface area contributed by atoms with Gasteiger partial charge in [0.1, 0.15) is 5.29 Å². The van der Waals surface area contributed by atoms with Crippen LogP contribution < -0.4 is 15.9 Å². The topological polar surface area (TPSA) is 155 Å². The number of ketones is 1. The van der Waals surface area contributed by atoms with E-state index in [-0.39, 0.29) is 48.7 Å². The molecule has 4 amide bonds. The zero-order chi connectivity index (χ0) is 45.0. The maximum atomic E-state index is 15.3. The second-order valence-electron chi connectivity index (χ2n) is 16.4. The lowest BCUT2D eigenvalue weighted by atomic mass is 9.80. The van der Waals surface area contributed by atoms with Crippen molar-refractivity contribution in [3.63, 3.8) is 0 Å². The molecule has 11 nitrogen and oxygen atoms in total. The number of amides is 4. The minimum atomic E-state index is -3.11. The molecule has 2 heterocycles. The molecule has 0 unspecified atom stereocenters. The molecule has 1 N–H and O–H groups in total. The number of esters is 1. The van der Waals surface area contributed by atoms with E-state index in [0.717, 1.165) is 41.6 Å². The van der Waals surface area contributed by atoms with Gasteiger partial charge in [-0.1, -0.05) is 148 Å². The number of Topliss-reactive ketones (excluding diaryl/α,β-unsaturated/α-hetero) is 1. The van der Waals surface area contributed by atoms with E-state index < -0.39 is 42.7 Å². The van der Waals surface area contributed by atoms with Crippen LogP contribution in [0.15, 0.2) is 140 Å². The number of carboxylic acids is 1. The summed E-state index contributed by atoms with van der Waals surface area (Å²) in [6, 6.07) is 41.4. The van der Waals surface area contributed by atoms with Gasteiger partial charge in [-0.3, -0.25) is 38.6 Å². The smallest absolute Gasteiger partial charge is 0.342 e. The number of ether oxygens (including phenoxy) is 1. The van der Waals surface area contributed by atoms with Crippen LogP contribution in [-0.2, 0) is 19.1 Å². The summed E-state index contributed by atoms with van der Waals surface area (Å²) >= 11 is 0. The van der Waals surface area contributed by atoms with Gasteiger partial charge in [-0.05, 0) is 79.7 Å². The Bertz CT molecular complexity index is 2510. The fraction of sp³-hybridized carbons (Fsp3) is 0.283. The molecule has 65 heavy (non-hydrogen) atoms. The second-order valence-corrected chi connectivity index (χ2v) is 19.8. The van der Waals surface area contributed by atoms with E-state index >= 15 is 4.79 Å². The molecule has 5 aromatic rings. The van der Waals surface area contributed by atoms with E-state index in [1.54, 1.807) is 55.5 Å². The van der Waals surface area contributed by atoms with E-state index in [1.165, 1.54) is 9.80 Å². The van der Waals surface area contributed by atoms with E-state index in [4.69, 9.17) is 4.74 Å². The first-order chi connectivity index (χ1) is 31.1. The maximum absolute atomic E-state index is 15.3. The predicted molar refractivity (Wildman–Crippen MR) is 252 cm³/mol. The number of carboxylic acid groups (broad SMARTS) is 1. The SMILES string of the molecule is C.CCOC(=O)C(C(=O)[C@@H]1CCCC[C@H]1N1C(=O)c2ccccc2C1=O)=P(c1ccccc1)(c1ccccc1)c1ccccc1.O=C(O)[C@@H]1CCCC[C@H]1N1C(=O)c2ccccc2C1=O. The van der Waals surface area contributed by atoms with Crippen molar-refractivity contribution < 1.29 is 43.4 Å². The largest absolute Gasteiger partial charge is 0.481 e. The highest BCUT2D eigenvalue weighted by atomic mass is 31.2. The van der Waals surface area contributed by atoms with Gasteiger partial charge in [0.25, 0.3) is 23.6 Å². The van der Waals surface area contributed by atoms with Crippen LogP contribution in [-0.4, -0.2) is 80.2 Å². The number of imide groups is 2. The molecule has 4 aliphatic rings. The third kappa shape index (κ3) is 8.41. The van der Waals surface area contributed by atoms with Crippen molar-refractivity contribution in [2.75, 3.05) is 6.61 Å². The summed E-state index contributed by atoms with van der Waals surface area (Å²) in [6.07, 6.45) is 5.24. The number of carbonyl (C=O) groups is 7. The lowest BCUT2D eigenvalue weighted by Gasteiger charge is -2.38. The van der Waals surface area contributed by atoms with Crippen molar-refractivity contribution in [3.05, 3.63) is 162 Å². The second kappa shape index (κ2) is 20.0. The molecular weight excluding hydrogens is 840 g/mol. The molecular formula is C53H53N2O9P. The van der Waals surface area contributed by atoms with Gasteiger partial charge in [0.2, 0.25) is 0 Å². The van der Waals surface area contributed by atoms with Gasteiger partial charge in [0.15, 0.2) is 5.78 Å². The number of carbonyl (C=O) groups excluding carboxylic acids is 6. The van der Waals surface area contributed by atoms with Crippen LogP contribution in [0.5, 0.6) is 0 Å². The van der Waals surface area contributed by atoms with Gasteiger partial charge >= 0.3 is 11.9 Å². The van der Waals surface area contributed by atoms with Gasteiger partial charge in [-0.25, -0.2) is 4.79 Å². The van der Waals surface area contributed by atoms with Crippen molar-refractivity contribution in [1.29, 1.82) is 0 Å². The highest BCUT2D eigenvalue weighted by Gasteiger charge is 2.49. The van der Waals surface area contributed by atoms with Gasteiger partial charge in [0.05, 0.1) is 46.9 Å². The summed E-state index contributed by atoms with van der Waals surface area (Å²) in [5.41, 5.74) is 1.46. The summed E-state index contributed by atoms with van der Waals surface area (Å²) in [4.78, 5) is 95.5. The van der Waals surface area contributed by atoms with Gasteiger partial charge < -0.3 is 9.84 Å². The summed E-state index contributed by atoms with van der Waals surface area (Å²) in [5.74, 6) is -4.82. The lowest BCUT2D eigenvalue weighted by molar-refractivity contribution is -0.144. The van der Waals surface area contributed by atoms with Crippen LogP contribution in [0.4, 0.5) is 0 Å². The normalized spacial score (nSPS) is 20.1. The standard InChI is InChI=1S/C37H34NO5P.C15H15NO4.CH4/c1-2-43-37(42)34(33(39)31-24-14-15-25-32(31)38-35(40)29-22-12-13-23-30(29)36(38)41)44(26-16-6-3-7-17-26,27-18-8-4-9-19-27)28-20-10-5-11-21-28;17-13-9-5-1-2-6-10(9)14(18)16(13)12-8-4-3-7-11(12)15(19)20;/h3-13,16-23,31-32H,2,14-15,24-25H2,1H3;1-2,5-6,11-12H,3-4,7-8H2,(H,19,20);1H4/t31-,32-;11-,12-;/m11./s1. The number of nitrogens with zero attached hydrogens (tertiary/aromatic N) is 2. The molecule has 2 aliphatic heterocycles. The number of hydrogen-bond acceptors (Lipinski definition) is 8. The van der Waals surface area contributed by atoms with Crippen molar-refractivity contribution in [1.82, 2.24) is 9.80 Å². The molecule has 5 aromatic carbocycles. The van der Waals surface area contributed by atoms with E-state index in [9.17, 15) is 33.9 Å². The number of rotatable bonds is 10. The van der Waals surface area contributed by atoms with E-state index in [1.807, 2.05) is 91.0 Å². The summed E-state index contributed by atoms with van der Waals surface area (Å²) in [7, 11) is 0. The molecule has 4 atom stereocenters. The monoisotopic (exact) mass is 892 g/mol. The summed E-state index contributed by atoms with van der Waals surface area (Å²) in [5, 5.41) is 12.0. The zero-order valence-corrected chi connectivity index (χ0v) is 36.4. The first kappa shape index (κ1) is 46.3. The van der Waals surface area contributed by atoms with Gasteiger partial charge in [0, 0.05) is 5.92 Å². The molecule has 334 valence electrons. The average molecular weight is 893 g/mol. The minimum Gasteiger partial charge on any atom is -0.481 e. The lowest BCUT2D eigenvalue weighted by Crippen LogP contribution is -2.51. The Kier molecular flexibility index (Phi) is 14.2. The Balaban J connectivity index is 0.000000250. The minimum absolute atomic E-state index is 0. The Morgan fingerprint density at radius 1 is 0.523 bits per heavy atom. The molecule has 0 spiro atoms. The molecule has 12 heteroatoms. The number of fused-ring (bicyclic) bond motifs is 2. The molecule has 0 aromatic heterocycles. The van der Waals surface area contributed by atoms with Crippen LogP contribution in [0.3, 0.4) is 0 Å². The quantitative estimate of drug-likeness (QED) is 0.0643. The van der Waals surface area contributed by atoms with Crippen molar-refractivity contribution in [2.24, 2.45) is 11.8 Å². The van der Waals surface area contributed by atoms with Crippen LogP contribution in [0.25, 0.3) is 0 Å². The number of aliphatic carboxylic acids is 1. The third-order valence-electron chi connectivity index (χ3n) is 12.9. The first-order valence-electron chi connectivity index (χ1n) is 21.9. The molecule has 0 bridgehead atoms.